The fraction of sp³-hybridized carbons (Fsp3) is 0.227. The van der Waals surface area contributed by atoms with Gasteiger partial charge in [0.25, 0.3) is 17.1 Å². The largest absolute Gasteiger partial charge is 0.484 e. The lowest BCUT2D eigenvalue weighted by atomic mass is 10.2. The SMILES string of the molecule is Cc1ccccc1OCC(=O)NCCN1C(=O)S/C(=C\c2ccc3c(c2)OCO3)C1=O. The molecular formula is C22H20N2O6S. The van der Waals surface area contributed by atoms with Gasteiger partial charge in [0.2, 0.25) is 6.79 Å². The number of nitrogens with one attached hydrogen (secondary N) is 1. The molecule has 2 aromatic carbocycles. The summed E-state index contributed by atoms with van der Waals surface area (Å²) in [6.45, 7) is 2.14. The molecule has 1 saturated heterocycles. The second-order valence-corrected chi connectivity index (χ2v) is 7.84. The molecule has 0 spiro atoms. The minimum absolute atomic E-state index is 0.0826. The number of imide groups is 1. The third-order valence-electron chi connectivity index (χ3n) is 4.68. The number of fused-ring (bicyclic) bond motifs is 1. The Bertz CT molecular complexity index is 1070. The Kier molecular flexibility index (Phi) is 6.13. The maximum Gasteiger partial charge on any atom is 0.293 e. The molecule has 2 heterocycles. The van der Waals surface area contributed by atoms with Gasteiger partial charge >= 0.3 is 0 Å². The zero-order valence-electron chi connectivity index (χ0n) is 16.8. The minimum Gasteiger partial charge on any atom is -0.484 e. The van der Waals surface area contributed by atoms with Crippen LogP contribution in [0.4, 0.5) is 4.79 Å². The molecule has 2 aromatic rings. The van der Waals surface area contributed by atoms with Crippen LogP contribution in [0.3, 0.4) is 0 Å². The normalized spacial score (nSPS) is 16.2. The van der Waals surface area contributed by atoms with E-state index in [1.807, 2.05) is 25.1 Å². The van der Waals surface area contributed by atoms with Crippen molar-refractivity contribution in [2.45, 2.75) is 6.92 Å². The number of nitrogens with zero attached hydrogens (tertiary/aromatic N) is 1. The van der Waals surface area contributed by atoms with Gasteiger partial charge in [-0.2, -0.15) is 0 Å². The summed E-state index contributed by atoms with van der Waals surface area (Å²) >= 11 is 0.867. The fourth-order valence-electron chi connectivity index (χ4n) is 3.07. The predicted molar refractivity (Wildman–Crippen MR) is 115 cm³/mol. The molecule has 3 amide bonds. The van der Waals surface area contributed by atoms with Crippen LogP contribution < -0.4 is 19.5 Å². The van der Waals surface area contributed by atoms with Gasteiger partial charge in [-0.1, -0.05) is 24.3 Å². The van der Waals surface area contributed by atoms with Crippen molar-refractivity contribution in [3.63, 3.8) is 0 Å². The van der Waals surface area contributed by atoms with Gasteiger partial charge in [0.1, 0.15) is 5.75 Å². The van der Waals surface area contributed by atoms with Gasteiger partial charge < -0.3 is 19.5 Å². The minimum atomic E-state index is -0.391. The molecule has 0 atom stereocenters. The van der Waals surface area contributed by atoms with Gasteiger partial charge in [0.15, 0.2) is 18.1 Å². The number of hydrogen-bond donors (Lipinski definition) is 1. The van der Waals surface area contributed by atoms with Gasteiger partial charge in [-0.15, -0.1) is 0 Å². The van der Waals surface area contributed by atoms with Crippen LogP contribution in [0.15, 0.2) is 47.4 Å². The van der Waals surface area contributed by atoms with E-state index in [0.717, 1.165) is 27.8 Å². The second-order valence-electron chi connectivity index (χ2n) is 6.85. The van der Waals surface area contributed by atoms with Gasteiger partial charge in [0, 0.05) is 13.1 Å². The molecular weight excluding hydrogens is 420 g/mol. The van der Waals surface area contributed by atoms with Crippen LogP contribution >= 0.6 is 11.8 Å². The highest BCUT2D eigenvalue weighted by Crippen LogP contribution is 2.36. The molecule has 160 valence electrons. The number of thioether (sulfide) groups is 1. The molecule has 31 heavy (non-hydrogen) atoms. The van der Waals surface area contributed by atoms with Crippen molar-refractivity contribution in [3.8, 4) is 17.2 Å². The third-order valence-corrected chi connectivity index (χ3v) is 5.59. The molecule has 1 fully saturated rings. The Morgan fingerprint density at radius 3 is 2.84 bits per heavy atom. The van der Waals surface area contributed by atoms with E-state index in [4.69, 9.17) is 14.2 Å². The molecule has 1 N–H and O–H groups in total. The maximum absolute atomic E-state index is 12.6. The first-order valence-corrected chi connectivity index (χ1v) is 10.4. The van der Waals surface area contributed by atoms with E-state index in [0.29, 0.717) is 22.2 Å². The van der Waals surface area contributed by atoms with Gasteiger partial charge in [-0.3, -0.25) is 19.3 Å². The van der Waals surface area contributed by atoms with Crippen LogP contribution in [0, 0.1) is 6.92 Å². The van der Waals surface area contributed by atoms with Crippen LogP contribution in [0.5, 0.6) is 17.2 Å². The zero-order valence-corrected chi connectivity index (χ0v) is 17.6. The monoisotopic (exact) mass is 440 g/mol. The summed E-state index contributed by atoms with van der Waals surface area (Å²) in [5, 5.41) is 2.29. The average Bonchev–Trinajstić information content (AvgIpc) is 3.32. The van der Waals surface area contributed by atoms with E-state index >= 15 is 0 Å². The topological polar surface area (TPSA) is 94.2 Å². The quantitative estimate of drug-likeness (QED) is 0.662. The molecule has 0 aromatic heterocycles. The smallest absolute Gasteiger partial charge is 0.293 e. The summed E-state index contributed by atoms with van der Waals surface area (Å²) in [7, 11) is 0. The van der Waals surface area contributed by atoms with Crippen molar-refractivity contribution >= 4 is 34.9 Å². The number of hydrogen-bond acceptors (Lipinski definition) is 7. The number of para-hydroxylation sites is 1. The lowest BCUT2D eigenvalue weighted by molar-refractivity contribution is -0.125. The van der Waals surface area contributed by atoms with Crippen LogP contribution in [-0.2, 0) is 9.59 Å². The number of ether oxygens (including phenoxy) is 3. The highest BCUT2D eigenvalue weighted by molar-refractivity contribution is 8.18. The van der Waals surface area contributed by atoms with Crippen molar-refractivity contribution in [2.75, 3.05) is 26.5 Å². The van der Waals surface area contributed by atoms with E-state index in [2.05, 4.69) is 5.32 Å². The zero-order chi connectivity index (χ0) is 21.8. The fourth-order valence-corrected chi connectivity index (χ4v) is 3.93. The second kappa shape index (κ2) is 9.13. The predicted octanol–water partition coefficient (Wildman–Crippen LogP) is 2.96. The van der Waals surface area contributed by atoms with E-state index in [1.54, 1.807) is 30.3 Å². The highest BCUT2D eigenvalue weighted by atomic mass is 32.2. The number of aryl methyl sites for hydroxylation is 1. The van der Waals surface area contributed by atoms with Gasteiger partial charge in [-0.25, -0.2) is 0 Å². The molecule has 8 nitrogen and oxygen atoms in total. The van der Waals surface area contributed by atoms with Crippen molar-refractivity contribution in [2.24, 2.45) is 0 Å². The Morgan fingerprint density at radius 2 is 2.00 bits per heavy atom. The average molecular weight is 440 g/mol. The van der Waals surface area contributed by atoms with Crippen molar-refractivity contribution in [1.82, 2.24) is 10.2 Å². The number of carbonyl (C=O) groups excluding carboxylic acids is 3. The first kappa shape index (κ1) is 20.8. The molecule has 9 heteroatoms. The summed E-state index contributed by atoms with van der Waals surface area (Å²) in [6.07, 6.45) is 1.64. The molecule has 4 rings (SSSR count). The molecule has 0 bridgehead atoms. The highest BCUT2D eigenvalue weighted by Gasteiger charge is 2.34. The molecule has 0 unspecified atom stereocenters. The van der Waals surface area contributed by atoms with E-state index in [-0.39, 0.29) is 37.6 Å². The first-order valence-electron chi connectivity index (χ1n) is 9.61. The molecule has 2 aliphatic rings. The third kappa shape index (κ3) is 4.83. The van der Waals surface area contributed by atoms with Crippen molar-refractivity contribution in [3.05, 3.63) is 58.5 Å². The molecule has 2 aliphatic heterocycles. The molecule has 0 aliphatic carbocycles. The number of rotatable bonds is 7. The standard InChI is InChI=1S/C22H20N2O6S/c1-14-4-2-3-5-16(14)28-12-20(25)23-8-9-24-21(26)19(31-22(24)27)11-15-6-7-17-18(10-15)30-13-29-17/h2-7,10-11H,8-9,12-13H2,1H3,(H,23,25)/b19-11-. The first-order chi connectivity index (χ1) is 15.0. The molecule has 0 radical (unpaired) electrons. The van der Waals surface area contributed by atoms with E-state index in [1.165, 1.54) is 0 Å². The summed E-state index contributed by atoms with van der Waals surface area (Å²) < 4.78 is 16.1. The summed E-state index contributed by atoms with van der Waals surface area (Å²) in [4.78, 5) is 38.3. The Balaban J connectivity index is 1.28. The van der Waals surface area contributed by atoms with Gasteiger partial charge in [0.05, 0.1) is 4.91 Å². The maximum atomic E-state index is 12.6. The molecule has 0 saturated carbocycles. The van der Waals surface area contributed by atoms with Gasteiger partial charge in [-0.05, 0) is 54.1 Å². The Hall–Kier alpha value is -3.46. The summed E-state index contributed by atoms with van der Waals surface area (Å²) in [6, 6.07) is 12.7. The number of benzene rings is 2. The lowest BCUT2D eigenvalue weighted by Crippen LogP contribution is -2.38. The van der Waals surface area contributed by atoms with Crippen molar-refractivity contribution < 1.29 is 28.6 Å². The Labute approximate surface area is 183 Å². The van der Waals surface area contributed by atoms with Crippen LogP contribution in [0.1, 0.15) is 11.1 Å². The number of amides is 3. The van der Waals surface area contributed by atoms with E-state index < -0.39 is 5.91 Å². The van der Waals surface area contributed by atoms with Crippen LogP contribution in [-0.4, -0.2) is 48.4 Å². The van der Waals surface area contributed by atoms with Crippen LogP contribution in [0.25, 0.3) is 6.08 Å². The Morgan fingerprint density at radius 1 is 1.19 bits per heavy atom. The summed E-state index contributed by atoms with van der Waals surface area (Å²) in [5.41, 5.74) is 1.67. The number of carbonyl (C=O) groups is 3. The van der Waals surface area contributed by atoms with E-state index in [9.17, 15) is 14.4 Å². The lowest BCUT2D eigenvalue weighted by Gasteiger charge is -2.13. The summed E-state index contributed by atoms with van der Waals surface area (Å²) in [5.74, 6) is 1.16. The van der Waals surface area contributed by atoms with Crippen LogP contribution in [0.2, 0.25) is 0 Å². The van der Waals surface area contributed by atoms with Crippen molar-refractivity contribution in [1.29, 1.82) is 0 Å².